The van der Waals surface area contributed by atoms with Gasteiger partial charge in [0.2, 0.25) is 0 Å². The molecule has 37 heavy (non-hydrogen) atoms. The zero-order valence-corrected chi connectivity index (χ0v) is 23.7. The monoisotopic (exact) mass is 564 g/mol. The molecule has 0 amide bonds. The van der Waals surface area contributed by atoms with E-state index in [1.807, 2.05) is 0 Å². The molecule has 5 aromatic carbocycles. The maximum absolute atomic E-state index is 2.37. The van der Waals surface area contributed by atoms with Crippen LogP contribution in [0.4, 0.5) is 0 Å². The molecule has 0 N–H and O–H groups in total. The molecule has 0 bridgehead atoms. The van der Waals surface area contributed by atoms with Crippen LogP contribution in [0.1, 0.15) is 29.5 Å². The highest BCUT2D eigenvalue weighted by molar-refractivity contribution is 7.95. The Bertz CT molecular complexity index is 1220. The molecular weight excluding hydrogens is 531 g/mol. The van der Waals surface area contributed by atoms with Crippen molar-refractivity contribution in [2.75, 3.05) is 0 Å². The summed E-state index contributed by atoms with van der Waals surface area (Å²) in [7, 11) is -1.85. The number of unbranched alkanes of at least 4 members (excludes halogenated alkanes) is 1. The fraction of sp³-hybridized carbons (Fsp3) is 0.143. The smallest absolute Gasteiger partial charge is 0.116 e. The summed E-state index contributed by atoms with van der Waals surface area (Å²) >= 11 is 0. The van der Waals surface area contributed by atoms with Crippen molar-refractivity contribution >= 4 is 23.2 Å². The van der Waals surface area contributed by atoms with Gasteiger partial charge in [0.25, 0.3) is 0 Å². The van der Waals surface area contributed by atoms with Crippen LogP contribution in [0.2, 0.25) is 0 Å². The van der Waals surface area contributed by atoms with Gasteiger partial charge >= 0.3 is 0 Å². The Morgan fingerprint density at radius 3 is 1.08 bits per heavy atom. The fourth-order valence-corrected chi connectivity index (χ4v) is 9.40. The average Bonchev–Trinajstić information content (AvgIpc) is 2.97. The van der Waals surface area contributed by atoms with Gasteiger partial charge in [-0.3, -0.25) is 0 Å². The molecule has 5 aromatic rings. The van der Waals surface area contributed by atoms with Crippen molar-refractivity contribution in [1.29, 1.82) is 0 Å². The number of hydrogen-bond donors (Lipinski definition) is 0. The third kappa shape index (κ3) is 6.67. The molecule has 0 aliphatic rings. The molecule has 0 fully saturated rings. The van der Waals surface area contributed by atoms with Crippen molar-refractivity contribution in [1.82, 2.24) is 0 Å². The normalized spacial score (nSPS) is 11.0. The molecule has 0 unspecified atom stereocenters. The Kier molecular flexibility index (Phi) is 9.89. The maximum atomic E-state index is 2.37. The zero-order chi connectivity index (χ0) is 24.5. The fourth-order valence-electron chi connectivity index (χ4n) is 5.16. The van der Waals surface area contributed by atoms with Crippen molar-refractivity contribution in [3.63, 3.8) is 0 Å². The SMILES string of the molecule is [Br-].c1ccc(CCCCc2ccc(C[P+](c3ccccc3)(c3ccccc3)c3ccccc3)cc2)cc1. The van der Waals surface area contributed by atoms with E-state index >= 15 is 0 Å². The first-order chi connectivity index (χ1) is 17.8. The van der Waals surface area contributed by atoms with Crippen LogP contribution in [-0.2, 0) is 19.0 Å². The predicted molar refractivity (Wildman–Crippen MR) is 158 cm³/mol. The minimum atomic E-state index is -1.85. The van der Waals surface area contributed by atoms with Gasteiger partial charge in [-0.05, 0) is 78.8 Å². The Labute approximate surface area is 233 Å². The van der Waals surface area contributed by atoms with E-state index in [0.717, 1.165) is 19.0 Å². The summed E-state index contributed by atoms with van der Waals surface area (Å²) in [6, 6.07) is 53.8. The highest BCUT2D eigenvalue weighted by atomic mass is 79.9. The number of halogens is 1. The summed E-state index contributed by atoms with van der Waals surface area (Å²) in [5, 5.41) is 4.31. The molecule has 0 atom stereocenters. The van der Waals surface area contributed by atoms with Gasteiger partial charge in [0, 0.05) is 0 Å². The summed E-state index contributed by atoms with van der Waals surface area (Å²) in [4.78, 5) is 0. The number of benzene rings is 5. The van der Waals surface area contributed by atoms with E-state index in [2.05, 4.69) is 146 Å². The second-order valence-corrected chi connectivity index (χ2v) is 13.0. The average molecular weight is 566 g/mol. The van der Waals surface area contributed by atoms with Crippen molar-refractivity contribution in [3.8, 4) is 0 Å². The van der Waals surface area contributed by atoms with Crippen molar-refractivity contribution < 1.29 is 17.0 Å². The first-order valence-electron chi connectivity index (χ1n) is 13.0. The Morgan fingerprint density at radius 2 is 0.676 bits per heavy atom. The number of aryl methyl sites for hydroxylation is 2. The van der Waals surface area contributed by atoms with Crippen molar-refractivity contribution in [2.24, 2.45) is 0 Å². The lowest BCUT2D eigenvalue weighted by atomic mass is 10.0. The van der Waals surface area contributed by atoms with E-state index in [4.69, 9.17) is 0 Å². The van der Waals surface area contributed by atoms with Crippen LogP contribution >= 0.6 is 7.26 Å². The van der Waals surface area contributed by atoms with Crippen LogP contribution in [0.5, 0.6) is 0 Å². The van der Waals surface area contributed by atoms with Gasteiger partial charge in [0.15, 0.2) is 0 Å². The lowest BCUT2D eigenvalue weighted by Gasteiger charge is -2.28. The summed E-state index contributed by atoms with van der Waals surface area (Å²) < 4.78 is 0. The highest BCUT2D eigenvalue weighted by Crippen LogP contribution is 2.58. The van der Waals surface area contributed by atoms with Crippen LogP contribution in [-0.4, -0.2) is 0 Å². The van der Waals surface area contributed by atoms with E-state index in [1.54, 1.807) is 0 Å². The van der Waals surface area contributed by atoms with Gasteiger partial charge in [-0.1, -0.05) is 109 Å². The Balaban J connectivity index is 0.00000320. The molecule has 0 spiro atoms. The minimum absolute atomic E-state index is 0. The number of hydrogen-bond acceptors (Lipinski definition) is 0. The van der Waals surface area contributed by atoms with Crippen LogP contribution in [0.25, 0.3) is 0 Å². The van der Waals surface area contributed by atoms with Crippen LogP contribution in [0, 0.1) is 0 Å². The largest absolute Gasteiger partial charge is 1.00 e. The molecule has 0 radical (unpaired) electrons. The van der Waals surface area contributed by atoms with Crippen LogP contribution in [0.15, 0.2) is 146 Å². The number of rotatable bonds is 10. The van der Waals surface area contributed by atoms with Crippen molar-refractivity contribution in [2.45, 2.75) is 31.8 Å². The Hall–Kier alpha value is -2.99. The van der Waals surface area contributed by atoms with Gasteiger partial charge in [0.05, 0.1) is 6.16 Å². The lowest BCUT2D eigenvalue weighted by Crippen LogP contribution is -3.00. The second kappa shape index (κ2) is 13.5. The van der Waals surface area contributed by atoms with Crippen LogP contribution in [0.3, 0.4) is 0 Å². The van der Waals surface area contributed by atoms with E-state index < -0.39 is 7.26 Å². The molecule has 0 saturated heterocycles. The standard InChI is InChI=1S/C35H34P.BrH/c1-5-15-30(16-6-1)17-13-14-18-31-25-27-32(28-26-31)29-36(33-19-7-2-8-20-33,34-21-9-3-10-22-34)35-23-11-4-12-24-35;/h1-12,15-16,19-28H,13-14,17-18,29H2;1H/q+1;/p-1. The minimum Gasteiger partial charge on any atom is -1.00 e. The topological polar surface area (TPSA) is 0 Å². The summed E-state index contributed by atoms with van der Waals surface area (Å²) in [6.45, 7) is 0. The molecule has 5 rings (SSSR count). The van der Waals surface area contributed by atoms with E-state index in [-0.39, 0.29) is 17.0 Å². The Morgan fingerprint density at radius 1 is 0.351 bits per heavy atom. The third-order valence-electron chi connectivity index (χ3n) is 7.06. The maximum Gasteiger partial charge on any atom is 0.116 e. The quantitative estimate of drug-likeness (QED) is 0.170. The molecule has 0 aromatic heterocycles. The predicted octanol–water partition coefficient (Wildman–Crippen LogP) is 4.75. The van der Waals surface area contributed by atoms with Gasteiger partial charge in [-0.2, -0.15) is 0 Å². The zero-order valence-electron chi connectivity index (χ0n) is 21.2. The van der Waals surface area contributed by atoms with Gasteiger partial charge in [-0.15, -0.1) is 0 Å². The van der Waals surface area contributed by atoms with Crippen LogP contribution < -0.4 is 32.9 Å². The first kappa shape index (κ1) is 27.1. The molecule has 0 saturated carbocycles. The molecule has 186 valence electrons. The van der Waals surface area contributed by atoms with Gasteiger partial charge < -0.3 is 17.0 Å². The lowest BCUT2D eigenvalue weighted by molar-refractivity contribution is -0.00000706. The van der Waals surface area contributed by atoms with E-state index in [0.29, 0.717) is 0 Å². The summed E-state index contributed by atoms with van der Waals surface area (Å²) in [5.41, 5.74) is 4.29. The molecule has 0 aliphatic heterocycles. The summed E-state index contributed by atoms with van der Waals surface area (Å²) in [6.07, 6.45) is 5.79. The second-order valence-electron chi connectivity index (χ2n) is 9.48. The molecule has 0 nitrogen and oxygen atoms in total. The van der Waals surface area contributed by atoms with Gasteiger partial charge in [-0.25, -0.2) is 0 Å². The molecule has 0 heterocycles. The van der Waals surface area contributed by atoms with E-state index in [9.17, 15) is 0 Å². The van der Waals surface area contributed by atoms with E-state index in [1.165, 1.54) is 45.4 Å². The van der Waals surface area contributed by atoms with Gasteiger partial charge in [0.1, 0.15) is 23.2 Å². The molecule has 2 heteroatoms. The van der Waals surface area contributed by atoms with Crippen molar-refractivity contribution in [3.05, 3.63) is 162 Å². The third-order valence-corrected chi connectivity index (χ3v) is 11.4. The summed E-state index contributed by atoms with van der Waals surface area (Å²) in [5.74, 6) is 0. The first-order valence-corrected chi connectivity index (χ1v) is 15.0. The highest BCUT2D eigenvalue weighted by Gasteiger charge is 2.45. The molecule has 0 aliphatic carbocycles. The molecular formula is C35H34BrP.